The van der Waals surface area contributed by atoms with E-state index in [-0.39, 0.29) is 6.61 Å². The van der Waals surface area contributed by atoms with E-state index < -0.39 is 0 Å². The zero-order valence-electron chi connectivity index (χ0n) is 11.0. The molecule has 0 aliphatic rings. The number of ether oxygens (including phenoxy) is 1. The van der Waals surface area contributed by atoms with Crippen molar-refractivity contribution in [3.8, 4) is 5.75 Å². The number of rotatable bonds is 6. The SMILES string of the molecule is CCOc1ccc(CNc2cc(CO)ccn2)cc1. The Bertz CT molecular complexity index is 512. The van der Waals surface area contributed by atoms with Crippen molar-refractivity contribution in [3.63, 3.8) is 0 Å². The van der Waals surface area contributed by atoms with E-state index in [9.17, 15) is 0 Å². The summed E-state index contributed by atoms with van der Waals surface area (Å²) in [6.07, 6.45) is 1.69. The summed E-state index contributed by atoms with van der Waals surface area (Å²) in [5.74, 6) is 1.65. The standard InChI is InChI=1S/C15H18N2O2/c1-2-19-14-5-3-12(4-6-14)10-17-15-9-13(11-18)7-8-16-15/h3-9,18H,2,10-11H2,1H3,(H,16,17). The highest BCUT2D eigenvalue weighted by molar-refractivity contribution is 5.39. The van der Waals surface area contributed by atoms with Crippen LogP contribution in [0.1, 0.15) is 18.1 Å². The van der Waals surface area contributed by atoms with Crippen LogP contribution in [-0.2, 0) is 13.2 Å². The summed E-state index contributed by atoms with van der Waals surface area (Å²) in [7, 11) is 0. The number of aromatic nitrogens is 1. The van der Waals surface area contributed by atoms with Crippen LogP contribution in [0.2, 0.25) is 0 Å². The summed E-state index contributed by atoms with van der Waals surface area (Å²) in [4.78, 5) is 4.20. The Morgan fingerprint density at radius 2 is 1.95 bits per heavy atom. The molecule has 4 nitrogen and oxygen atoms in total. The Balaban J connectivity index is 1.94. The van der Waals surface area contributed by atoms with Crippen molar-refractivity contribution in [2.24, 2.45) is 0 Å². The minimum atomic E-state index is 0.0280. The summed E-state index contributed by atoms with van der Waals surface area (Å²) in [6, 6.07) is 11.6. The van der Waals surface area contributed by atoms with Gasteiger partial charge in [0.2, 0.25) is 0 Å². The number of anilines is 1. The van der Waals surface area contributed by atoms with Crippen molar-refractivity contribution in [3.05, 3.63) is 53.7 Å². The third-order valence-corrected chi connectivity index (χ3v) is 2.71. The highest BCUT2D eigenvalue weighted by Gasteiger charge is 1.98. The second kappa shape index (κ2) is 6.75. The number of nitrogens with zero attached hydrogens (tertiary/aromatic N) is 1. The van der Waals surface area contributed by atoms with Crippen LogP contribution in [0.3, 0.4) is 0 Å². The molecule has 0 bridgehead atoms. The molecule has 1 heterocycles. The van der Waals surface area contributed by atoms with Crippen molar-refractivity contribution in [1.29, 1.82) is 0 Å². The molecular weight excluding hydrogens is 240 g/mol. The van der Waals surface area contributed by atoms with E-state index in [1.807, 2.05) is 37.3 Å². The molecule has 0 unspecified atom stereocenters. The van der Waals surface area contributed by atoms with Gasteiger partial charge in [0.05, 0.1) is 13.2 Å². The maximum absolute atomic E-state index is 9.06. The normalized spacial score (nSPS) is 10.2. The third kappa shape index (κ3) is 3.96. The van der Waals surface area contributed by atoms with Crippen molar-refractivity contribution < 1.29 is 9.84 Å². The van der Waals surface area contributed by atoms with E-state index >= 15 is 0 Å². The largest absolute Gasteiger partial charge is 0.494 e. The minimum Gasteiger partial charge on any atom is -0.494 e. The van der Waals surface area contributed by atoms with Gasteiger partial charge in [0.15, 0.2) is 0 Å². The maximum Gasteiger partial charge on any atom is 0.126 e. The second-order valence-electron chi connectivity index (χ2n) is 4.14. The Hall–Kier alpha value is -2.07. The first-order valence-electron chi connectivity index (χ1n) is 6.33. The molecule has 19 heavy (non-hydrogen) atoms. The lowest BCUT2D eigenvalue weighted by atomic mass is 10.2. The zero-order valence-corrected chi connectivity index (χ0v) is 11.0. The number of aliphatic hydroxyl groups is 1. The molecule has 0 fully saturated rings. The fraction of sp³-hybridized carbons (Fsp3) is 0.267. The zero-order chi connectivity index (χ0) is 13.5. The molecule has 0 atom stereocenters. The molecule has 0 radical (unpaired) electrons. The van der Waals surface area contributed by atoms with Gasteiger partial charge in [-0.05, 0) is 42.3 Å². The minimum absolute atomic E-state index is 0.0280. The predicted octanol–water partition coefficient (Wildman–Crippen LogP) is 2.58. The predicted molar refractivity (Wildman–Crippen MR) is 75.1 cm³/mol. The molecule has 0 spiro atoms. The van der Waals surface area contributed by atoms with Crippen molar-refractivity contribution in [1.82, 2.24) is 4.98 Å². The van der Waals surface area contributed by atoms with E-state index in [1.165, 1.54) is 0 Å². The highest BCUT2D eigenvalue weighted by Crippen LogP contribution is 2.13. The van der Waals surface area contributed by atoms with Crippen LogP contribution < -0.4 is 10.1 Å². The van der Waals surface area contributed by atoms with Gasteiger partial charge in [-0.25, -0.2) is 4.98 Å². The molecule has 100 valence electrons. The first kappa shape index (κ1) is 13.4. The lowest BCUT2D eigenvalue weighted by Gasteiger charge is -2.08. The summed E-state index contributed by atoms with van der Waals surface area (Å²) < 4.78 is 5.39. The number of hydrogen-bond donors (Lipinski definition) is 2. The van der Waals surface area contributed by atoms with E-state index in [4.69, 9.17) is 9.84 Å². The van der Waals surface area contributed by atoms with Gasteiger partial charge in [-0.15, -0.1) is 0 Å². The molecule has 0 saturated carbocycles. The third-order valence-electron chi connectivity index (χ3n) is 2.71. The van der Waals surface area contributed by atoms with Crippen LogP contribution in [-0.4, -0.2) is 16.7 Å². The van der Waals surface area contributed by atoms with Gasteiger partial charge in [0, 0.05) is 12.7 Å². The van der Waals surface area contributed by atoms with Crippen LogP contribution >= 0.6 is 0 Å². The van der Waals surface area contributed by atoms with Crippen molar-refractivity contribution >= 4 is 5.82 Å². The molecule has 4 heteroatoms. The number of benzene rings is 1. The van der Waals surface area contributed by atoms with Crippen LogP contribution in [0.5, 0.6) is 5.75 Å². The monoisotopic (exact) mass is 258 g/mol. The summed E-state index contributed by atoms with van der Waals surface area (Å²) in [5, 5.41) is 12.3. The fourth-order valence-corrected chi connectivity index (χ4v) is 1.73. The van der Waals surface area contributed by atoms with E-state index in [0.29, 0.717) is 13.2 Å². The molecule has 1 aromatic carbocycles. The van der Waals surface area contributed by atoms with Crippen molar-refractivity contribution in [2.75, 3.05) is 11.9 Å². The van der Waals surface area contributed by atoms with E-state index in [2.05, 4.69) is 10.3 Å². The topological polar surface area (TPSA) is 54.4 Å². The van der Waals surface area contributed by atoms with Gasteiger partial charge in [-0.3, -0.25) is 0 Å². The molecule has 2 rings (SSSR count). The lowest BCUT2D eigenvalue weighted by molar-refractivity contribution is 0.282. The molecule has 0 saturated heterocycles. The van der Waals surface area contributed by atoms with Gasteiger partial charge in [-0.1, -0.05) is 12.1 Å². The fourth-order valence-electron chi connectivity index (χ4n) is 1.73. The lowest BCUT2D eigenvalue weighted by Crippen LogP contribution is -2.02. The smallest absolute Gasteiger partial charge is 0.126 e. The molecule has 0 aliphatic carbocycles. The first-order valence-corrected chi connectivity index (χ1v) is 6.33. The number of nitrogens with one attached hydrogen (secondary N) is 1. The van der Waals surface area contributed by atoms with E-state index in [1.54, 1.807) is 12.3 Å². The van der Waals surface area contributed by atoms with Gasteiger partial charge in [0.25, 0.3) is 0 Å². The Kier molecular flexibility index (Phi) is 4.75. The molecule has 0 aliphatic heterocycles. The summed E-state index contributed by atoms with van der Waals surface area (Å²) in [6.45, 7) is 3.36. The Morgan fingerprint density at radius 1 is 1.16 bits per heavy atom. The van der Waals surface area contributed by atoms with Crippen LogP contribution in [0.15, 0.2) is 42.6 Å². The average Bonchev–Trinajstić information content (AvgIpc) is 2.47. The summed E-state index contributed by atoms with van der Waals surface area (Å²) in [5.41, 5.74) is 2.00. The molecule has 2 aromatic rings. The van der Waals surface area contributed by atoms with Gasteiger partial charge >= 0.3 is 0 Å². The highest BCUT2D eigenvalue weighted by atomic mass is 16.5. The second-order valence-corrected chi connectivity index (χ2v) is 4.14. The van der Waals surface area contributed by atoms with Crippen LogP contribution in [0.25, 0.3) is 0 Å². The van der Waals surface area contributed by atoms with Crippen molar-refractivity contribution in [2.45, 2.75) is 20.1 Å². The number of hydrogen-bond acceptors (Lipinski definition) is 4. The van der Waals surface area contributed by atoms with Crippen LogP contribution in [0.4, 0.5) is 5.82 Å². The number of pyridine rings is 1. The molecule has 0 amide bonds. The number of aliphatic hydroxyl groups excluding tert-OH is 1. The molecular formula is C15H18N2O2. The first-order chi connectivity index (χ1) is 9.31. The van der Waals surface area contributed by atoms with Gasteiger partial charge < -0.3 is 15.2 Å². The molecule has 2 N–H and O–H groups in total. The summed E-state index contributed by atoms with van der Waals surface area (Å²) >= 11 is 0. The quantitative estimate of drug-likeness (QED) is 0.836. The Morgan fingerprint density at radius 3 is 2.63 bits per heavy atom. The maximum atomic E-state index is 9.06. The van der Waals surface area contributed by atoms with E-state index in [0.717, 1.165) is 22.7 Å². The van der Waals surface area contributed by atoms with Gasteiger partial charge in [0.1, 0.15) is 11.6 Å². The molecule has 1 aromatic heterocycles. The van der Waals surface area contributed by atoms with Gasteiger partial charge in [-0.2, -0.15) is 0 Å². The van der Waals surface area contributed by atoms with Crippen LogP contribution in [0, 0.1) is 0 Å². The Labute approximate surface area is 113 Å². The average molecular weight is 258 g/mol.